The molecule has 0 saturated heterocycles. The maximum atomic E-state index is 12.6. The van der Waals surface area contributed by atoms with Crippen LogP contribution in [-0.2, 0) is 0 Å². The van der Waals surface area contributed by atoms with Gasteiger partial charge in [0.15, 0.2) is 5.65 Å². The van der Waals surface area contributed by atoms with Crippen molar-refractivity contribution in [3.8, 4) is 5.75 Å². The van der Waals surface area contributed by atoms with Gasteiger partial charge in [-0.2, -0.15) is 0 Å². The van der Waals surface area contributed by atoms with E-state index >= 15 is 0 Å². The van der Waals surface area contributed by atoms with E-state index in [0.717, 1.165) is 0 Å². The highest BCUT2D eigenvalue weighted by molar-refractivity contribution is 6.04. The van der Waals surface area contributed by atoms with Crippen molar-refractivity contribution in [1.82, 2.24) is 19.9 Å². The largest absolute Gasteiger partial charge is 0.496 e. The Hall–Kier alpha value is -3.46. The Morgan fingerprint density at radius 3 is 2.81 bits per heavy atom. The van der Waals surface area contributed by atoms with Crippen molar-refractivity contribution in [3.05, 3.63) is 54.0 Å². The van der Waals surface area contributed by atoms with Gasteiger partial charge in [0.05, 0.1) is 12.7 Å². The van der Waals surface area contributed by atoms with E-state index in [1.807, 2.05) is 6.07 Å². The van der Waals surface area contributed by atoms with Gasteiger partial charge in [-0.05, 0) is 43.3 Å². The first-order chi connectivity index (χ1) is 13.1. The lowest BCUT2D eigenvalue weighted by atomic mass is 10.1. The van der Waals surface area contributed by atoms with E-state index in [1.165, 1.54) is 7.11 Å². The number of nitrogens with one attached hydrogen (secondary N) is 2. The molecule has 2 amide bonds. The van der Waals surface area contributed by atoms with Gasteiger partial charge >= 0.3 is 0 Å². The van der Waals surface area contributed by atoms with Crippen molar-refractivity contribution in [2.45, 2.75) is 6.42 Å². The van der Waals surface area contributed by atoms with E-state index in [2.05, 4.69) is 20.8 Å². The number of methoxy groups -OCH3 is 1. The summed E-state index contributed by atoms with van der Waals surface area (Å²) in [4.78, 5) is 24.9. The quantitative estimate of drug-likeness (QED) is 0.536. The normalized spacial score (nSPS) is 10.6. The summed E-state index contributed by atoms with van der Waals surface area (Å²) in [5.74, 6) is -0.181. The first-order valence-electron chi connectivity index (χ1n) is 8.41. The van der Waals surface area contributed by atoms with Crippen LogP contribution in [0.5, 0.6) is 5.75 Å². The van der Waals surface area contributed by atoms with Gasteiger partial charge in [-0.15, -0.1) is 10.2 Å². The smallest absolute Gasteiger partial charge is 0.293 e. The fourth-order valence-electron chi connectivity index (χ4n) is 2.55. The third-order valence-electron chi connectivity index (χ3n) is 3.89. The molecule has 3 rings (SSSR count). The number of ether oxygens (including phenoxy) is 1. The molecule has 4 N–H and O–H groups in total. The van der Waals surface area contributed by atoms with Gasteiger partial charge in [-0.25, -0.2) is 0 Å². The Morgan fingerprint density at radius 1 is 1.19 bits per heavy atom. The van der Waals surface area contributed by atoms with E-state index in [1.54, 1.807) is 40.9 Å². The average Bonchev–Trinajstić information content (AvgIpc) is 3.12. The maximum Gasteiger partial charge on any atom is 0.293 e. The molecule has 0 aliphatic rings. The minimum Gasteiger partial charge on any atom is -0.496 e. The lowest BCUT2D eigenvalue weighted by molar-refractivity contribution is 0.0948. The molecule has 0 saturated carbocycles. The average molecular weight is 368 g/mol. The van der Waals surface area contributed by atoms with Crippen molar-refractivity contribution in [1.29, 1.82) is 0 Å². The van der Waals surface area contributed by atoms with Gasteiger partial charge in [0.1, 0.15) is 5.75 Å². The van der Waals surface area contributed by atoms with Crippen molar-refractivity contribution in [3.63, 3.8) is 0 Å². The Balaban J connectivity index is 1.81. The minimum atomic E-state index is -0.437. The second kappa shape index (κ2) is 8.28. The number of fused-ring (bicyclic) bond motifs is 1. The Kier molecular flexibility index (Phi) is 5.62. The number of anilines is 1. The molecule has 0 aliphatic carbocycles. The van der Waals surface area contributed by atoms with Crippen LogP contribution in [0.4, 0.5) is 5.69 Å². The van der Waals surface area contributed by atoms with Gasteiger partial charge in [0.2, 0.25) is 5.82 Å². The number of pyridine rings is 1. The van der Waals surface area contributed by atoms with Crippen LogP contribution in [0.2, 0.25) is 0 Å². The molecule has 27 heavy (non-hydrogen) atoms. The highest BCUT2D eigenvalue weighted by Crippen LogP contribution is 2.23. The molecule has 2 heterocycles. The zero-order valence-electron chi connectivity index (χ0n) is 14.8. The SMILES string of the molecule is COc1ccc(NC(=O)c2nnc3ccccn23)cc1C(=O)NCCCN. The highest BCUT2D eigenvalue weighted by Gasteiger charge is 2.17. The van der Waals surface area contributed by atoms with E-state index in [4.69, 9.17) is 10.5 Å². The summed E-state index contributed by atoms with van der Waals surface area (Å²) in [6, 6.07) is 10.2. The molecule has 140 valence electrons. The number of carbonyl (C=O) groups is 2. The minimum absolute atomic E-state index is 0.148. The molecule has 0 unspecified atom stereocenters. The molecule has 0 spiro atoms. The Morgan fingerprint density at radius 2 is 2.04 bits per heavy atom. The first kappa shape index (κ1) is 18.3. The molecule has 0 aliphatic heterocycles. The summed E-state index contributed by atoms with van der Waals surface area (Å²) < 4.78 is 6.82. The molecule has 3 aromatic rings. The standard InChI is InChI=1S/C18H20N6O3/c1-27-14-7-6-12(11-13(14)17(25)20-9-4-8-19)21-18(26)16-23-22-15-5-2-3-10-24(15)16/h2-3,5-7,10-11H,4,8-9,19H2,1H3,(H,20,25)(H,21,26). The molecule has 9 heteroatoms. The molecular formula is C18H20N6O3. The first-order valence-corrected chi connectivity index (χ1v) is 8.41. The Labute approximate surface area is 155 Å². The van der Waals surface area contributed by atoms with Crippen LogP contribution >= 0.6 is 0 Å². The van der Waals surface area contributed by atoms with E-state index in [9.17, 15) is 9.59 Å². The third-order valence-corrected chi connectivity index (χ3v) is 3.89. The summed E-state index contributed by atoms with van der Waals surface area (Å²) in [6.45, 7) is 0.945. The number of hydrogen-bond donors (Lipinski definition) is 3. The van der Waals surface area contributed by atoms with Crippen LogP contribution in [0, 0.1) is 0 Å². The summed E-state index contributed by atoms with van der Waals surface area (Å²) in [5.41, 5.74) is 6.76. The fraction of sp³-hybridized carbons (Fsp3) is 0.222. The molecule has 0 radical (unpaired) electrons. The van der Waals surface area contributed by atoms with Crippen LogP contribution in [0.3, 0.4) is 0 Å². The molecule has 0 fully saturated rings. The number of nitrogens with zero attached hydrogens (tertiary/aromatic N) is 3. The second-order valence-electron chi connectivity index (χ2n) is 5.72. The third kappa shape index (κ3) is 4.04. The maximum absolute atomic E-state index is 12.6. The van der Waals surface area contributed by atoms with Crippen molar-refractivity contribution in [2.75, 3.05) is 25.5 Å². The predicted molar refractivity (Wildman–Crippen MR) is 99.9 cm³/mol. The van der Waals surface area contributed by atoms with E-state index in [-0.39, 0.29) is 11.7 Å². The van der Waals surface area contributed by atoms with E-state index < -0.39 is 5.91 Å². The number of rotatable bonds is 7. The Bertz CT molecular complexity index is 969. The lowest BCUT2D eigenvalue weighted by Crippen LogP contribution is -2.26. The van der Waals surface area contributed by atoms with Gasteiger partial charge in [-0.1, -0.05) is 6.07 Å². The van der Waals surface area contributed by atoms with Gasteiger partial charge < -0.3 is 21.1 Å². The van der Waals surface area contributed by atoms with Crippen LogP contribution < -0.4 is 21.1 Å². The van der Waals surface area contributed by atoms with Crippen LogP contribution in [0.25, 0.3) is 5.65 Å². The zero-order chi connectivity index (χ0) is 19.2. The molecule has 9 nitrogen and oxygen atoms in total. The number of benzene rings is 1. The number of aromatic nitrogens is 3. The summed E-state index contributed by atoms with van der Waals surface area (Å²) >= 11 is 0. The predicted octanol–water partition coefficient (Wildman–Crippen LogP) is 1.07. The monoisotopic (exact) mass is 368 g/mol. The zero-order valence-corrected chi connectivity index (χ0v) is 14.8. The van der Waals surface area contributed by atoms with Gasteiger partial charge in [0.25, 0.3) is 11.8 Å². The van der Waals surface area contributed by atoms with Crippen LogP contribution in [0.1, 0.15) is 27.4 Å². The number of amides is 2. The number of nitrogens with two attached hydrogens (primary N) is 1. The van der Waals surface area contributed by atoms with Crippen LogP contribution in [0.15, 0.2) is 42.6 Å². The molecule has 2 aromatic heterocycles. The van der Waals surface area contributed by atoms with Crippen LogP contribution in [-0.4, -0.2) is 46.6 Å². The van der Waals surface area contributed by atoms with Crippen molar-refractivity contribution < 1.29 is 14.3 Å². The molecule has 1 aromatic carbocycles. The summed E-state index contributed by atoms with van der Waals surface area (Å²) in [7, 11) is 1.48. The molecule has 0 bridgehead atoms. The van der Waals surface area contributed by atoms with Gasteiger partial charge in [0, 0.05) is 18.4 Å². The second-order valence-corrected chi connectivity index (χ2v) is 5.72. The number of carbonyl (C=O) groups excluding carboxylic acids is 2. The molecular weight excluding hydrogens is 348 g/mol. The van der Waals surface area contributed by atoms with Gasteiger partial charge in [-0.3, -0.25) is 14.0 Å². The summed E-state index contributed by atoms with van der Waals surface area (Å²) in [6.07, 6.45) is 2.37. The number of hydrogen-bond acceptors (Lipinski definition) is 6. The van der Waals surface area contributed by atoms with Crippen molar-refractivity contribution in [2.24, 2.45) is 5.73 Å². The fourth-order valence-corrected chi connectivity index (χ4v) is 2.55. The lowest BCUT2D eigenvalue weighted by Gasteiger charge is -2.11. The topological polar surface area (TPSA) is 124 Å². The van der Waals surface area contributed by atoms with E-state index in [0.29, 0.717) is 42.2 Å². The highest BCUT2D eigenvalue weighted by atomic mass is 16.5. The molecule has 0 atom stereocenters. The summed E-state index contributed by atoms with van der Waals surface area (Å²) in [5, 5.41) is 13.4. The van der Waals surface area contributed by atoms with Crippen molar-refractivity contribution >= 4 is 23.1 Å².